The Hall–Kier alpha value is -3.26. The van der Waals surface area contributed by atoms with E-state index in [1.54, 1.807) is 19.2 Å². The van der Waals surface area contributed by atoms with E-state index in [0.717, 1.165) is 11.3 Å². The third kappa shape index (κ3) is 3.58. The highest BCUT2D eigenvalue weighted by molar-refractivity contribution is 7.98. The summed E-state index contributed by atoms with van der Waals surface area (Å²) in [5.74, 6) is 0.814. The van der Waals surface area contributed by atoms with E-state index >= 15 is 0 Å². The number of thioether (sulfide) groups is 1. The number of hydrogen-bond donors (Lipinski definition) is 1. The first-order valence-corrected chi connectivity index (χ1v) is 10.1. The summed E-state index contributed by atoms with van der Waals surface area (Å²) in [6, 6.07) is 13.1. The molecule has 0 atom stereocenters. The number of hydrogen-bond acceptors (Lipinski definition) is 6. The summed E-state index contributed by atoms with van der Waals surface area (Å²) in [5.41, 5.74) is 2.25. The van der Waals surface area contributed by atoms with Crippen molar-refractivity contribution in [3.63, 3.8) is 0 Å². The van der Waals surface area contributed by atoms with Gasteiger partial charge in [-0.05, 0) is 30.7 Å². The van der Waals surface area contributed by atoms with E-state index in [1.807, 2.05) is 54.0 Å². The van der Waals surface area contributed by atoms with E-state index in [-0.39, 0.29) is 17.0 Å². The lowest BCUT2D eigenvalue weighted by Crippen LogP contribution is -2.25. The molecule has 1 aromatic carbocycles. The number of methoxy groups -OCH3 is 1. The molecule has 0 saturated carbocycles. The second-order valence-electron chi connectivity index (χ2n) is 6.35. The van der Waals surface area contributed by atoms with Crippen molar-refractivity contribution in [2.45, 2.75) is 24.3 Å². The van der Waals surface area contributed by atoms with Gasteiger partial charge in [-0.2, -0.15) is 4.98 Å². The lowest BCUT2D eigenvalue weighted by molar-refractivity contribution is 0.408. The van der Waals surface area contributed by atoms with Gasteiger partial charge >= 0.3 is 0 Å². The summed E-state index contributed by atoms with van der Waals surface area (Å²) < 4.78 is 8.88. The predicted octanol–water partition coefficient (Wildman–Crippen LogP) is 3.45. The molecule has 0 aliphatic carbocycles. The molecule has 4 aromatic rings. The quantitative estimate of drug-likeness (QED) is 0.389. The van der Waals surface area contributed by atoms with Crippen LogP contribution >= 0.6 is 11.8 Å². The Morgan fingerprint density at radius 2 is 1.93 bits per heavy atom. The topological polar surface area (TPSA) is 81.7 Å². The van der Waals surface area contributed by atoms with Crippen molar-refractivity contribution in [2.75, 3.05) is 7.11 Å². The second-order valence-corrected chi connectivity index (χ2v) is 7.29. The van der Waals surface area contributed by atoms with E-state index in [2.05, 4.69) is 9.97 Å². The van der Waals surface area contributed by atoms with Crippen molar-refractivity contribution < 1.29 is 9.84 Å². The molecule has 0 amide bonds. The maximum Gasteiger partial charge on any atom is 0.265 e. The van der Waals surface area contributed by atoms with E-state index in [9.17, 15) is 9.90 Å². The van der Waals surface area contributed by atoms with Crippen LogP contribution in [0.4, 0.5) is 0 Å². The minimum atomic E-state index is -0.304. The normalized spacial score (nSPS) is 11.1. The number of imidazole rings is 1. The fourth-order valence-electron chi connectivity index (χ4n) is 3.15. The Bertz CT molecular complexity index is 1200. The van der Waals surface area contributed by atoms with Crippen LogP contribution in [0.2, 0.25) is 0 Å². The Balaban J connectivity index is 1.78. The summed E-state index contributed by atoms with van der Waals surface area (Å²) in [5, 5.41) is 10.7. The Morgan fingerprint density at radius 1 is 1.14 bits per heavy atom. The third-order valence-corrected chi connectivity index (χ3v) is 5.54. The summed E-state index contributed by atoms with van der Waals surface area (Å²) >= 11 is 1.34. The molecule has 7 nitrogen and oxygen atoms in total. The molecule has 4 rings (SSSR count). The van der Waals surface area contributed by atoms with E-state index in [1.165, 1.54) is 16.3 Å². The van der Waals surface area contributed by atoms with Gasteiger partial charge in [-0.25, -0.2) is 4.98 Å². The van der Waals surface area contributed by atoms with Gasteiger partial charge in [0.05, 0.1) is 24.1 Å². The smallest absolute Gasteiger partial charge is 0.265 e. The van der Waals surface area contributed by atoms with Crippen molar-refractivity contribution in [1.82, 2.24) is 18.9 Å². The van der Waals surface area contributed by atoms with Gasteiger partial charge in [0, 0.05) is 18.1 Å². The average Bonchev–Trinajstić information content (AvgIpc) is 3.15. The van der Waals surface area contributed by atoms with Gasteiger partial charge in [0.2, 0.25) is 5.88 Å². The Kier molecular flexibility index (Phi) is 5.26. The number of para-hydroxylation sites is 2. The lowest BCUT2D eigenvalue weighted by atomic mass is 10.2. The SMILES string of the molecule is CCc1c(O)nc(SCc2cn3ccccc3n2)n(-c2ccccc2OC)c1=O. The number of aromatic nitrogens is 4. The highest BCUT2D eigenvalue weighted by Gasteiger charge is 2.19. The number of fused-ring (bicyclic) bond motifs is 1. The number of rotatable bonds is 6. The monoisotopic (exact) mass is 408 g/mol. The maximum atomic E-state index is 13.1. The molecule has 0 aliphatic rings. The Morgan fingerprint density at radius 3 is 2.69 bits per heavy atom. The fourth-order valence-corrected chi connectivity index (χ4v) is 4.03. The first-order valence-electron chi connectivity index (χ1n) is 9.16. The molecule has 1 N–H and O–H groups in total. The molecule has 3 heterocycles. The van der Waals surface area contributed by atoms with E-state index in [4.69, 9.17) is 4.74 Å². The van der Waals surface area contributed by atoms with Crippen LogP contribution in [-0.4, -0.2) is 31.2 Å². The lowest BCUT2D eigenvalue weighted by Gasteiger charge is -2.16. The molecular weight excluding hydrogens is 388 g/mol. The molecular formula is C21H20N4O3S. The van der Waals surface area contributed by atoms with Crippen LogP contribution < -0.4 is 10.3 Å². The van der Waals surface area contributed by atoms with Crippen molar-refractivity contribution in [2.24, 2.45) is 0 Å². The maximum absolute atomic E-state index is 13.1. The number of nitrogens with zero attached hydrogens (tertiary/aromatic N) is 4. The third-order valence-electron chi connectivity index (χ3n) is 4.57. The minimum Gasteiger partial charge on any atom is -0.495 e. The van der Waals surface area contributed by atoms with Crippen LogP contribution in [0.15, 0.2) is 64.8 Å². The predicted molar refractivity (Wildman–Crippen MR) is 112 cm³/mol. The minimum absolute atomic E-state index is 0.235. The number of pyridine rings is 1. The molecule has 148 valence electrons. The molecule has 0 aliphatic heterocycles. The van der Waals surface area contributed by atoms with Gasteiger partial charge in [0.15, 0.2) is 5.16 Å². The summed E-state index contributed by atoms with van der Waals surface area (Å²) in [6.45, 7) is 1.81. The van der Waals surface area contributed by atoms with Crippen LogP contribution in [0.1, 0.15) is 18.2 Å². The second kappa shape index (κ2) is 8.00. The zero-order valence-corrected chi connectivity index (χ0v) is 16.9. The number of benzene rings is 1. The zero-order chi connectivity index (χ0) is 20.4. The van der Waals surface area contributed by atoms with Crippen LogP contribution in [-0.2, 0) is 12.2 Å². The number of ether oxygens (including phenoxy) is 1. The highest BCUT2D eigenvalue weighted by atomic mass is 32.2. The molecule has 0 fully saturated rings. The summed E-state index contributed by atoms with van der Waals surface area (Å²) in [7, 11) is 1.56. The first-order chi connectivity index (χ1) is 14.1. The van der Waals surface area contributed by atoms with Crippen LogP contribution in [0.5, 0.6) is 11.6 Å². The van der Waals surface area contributed by atoms with Crippen LogP contribution in [0, 0.1) is 0 Å². The van der Waals surface area contributed by atoms with E-state index in [0.29, 0.717) is 28.8 Å². The molecule has 0 unspecified atom stereocenters. The zero-order valence-electron chi connectivity index (χ0n) is 16.1. The van der Waals surface area contributed by atoms with Gasteiger partial charge in [-0.1, -0.05) is 36.9 Å². The van der Waals surface area contributed by atoms with E-state index < -0.39 is 0 Å². The average molecular weight is 408 g/mol. The van der Waals surface area contributed by atoms with Gasteiger partial charge in [0.1, 0.15) is 11.4 Å². The molecule has 0 saturated heterocycles. The van der Waals surface area contributed by atoms with Gasteiger partial charge < -0.3 is 14.2 Å². The summed E-state index contributed by atoms with van der Waals surface area (Å²) in [6.07, 6.45) is 4.25. The largest absolute Gasteiger partial charge is 0.495 e. The van der Waals surface area contributed by atoms with Gasteiger partial charge in [0.25, 0.3) is 5.56 Å². The standard InChI is InChI=1S/C21H20N4O3S/c1-3-15-19(26)23-21(25(20(15)27)16-8-4-5-9-17(16)28-2)29-13-14-12-24-11-7-6-10-18(24)22-14/h4-12,26H,3,13H2,1-2H3. The van der Waals surface area contributed by atoms with Crippen molar-refractivity contribution >= 4 is 17.4 Å². The number of aromatic hydroxyl groups is 1. The summed E-state index contributed by atoms with van der Waals surface area (Å²) in [4.78, 5) is 22.0. The van der Waals surface area contributed by atoms with Crippen LogP contribution in [0.25, 0.3) is 11.3 Å². The first kappa shape index (κ1) is 19.1. The molecule has 0 spiro atoms. The molecule has 29 heavy (non-hydrogen) atoms. The van der Waals surface area contributed by atoms with Crippen molar-refractivity contribution in [3.8, 4) is 17.3 Å². The fraction of sp³-hybridized carbons (Fsp3) is 0.190. The van der Waals surface area contributed by atoms with Gasteiger partial charge in [-0.15, -0.1) is 0 Å². The van der Waals surface area contributed by atoms with Crippen LogP contribution in [0.3, 0.4) is 0 Å². The molecule has 0 bridgehead atoms. The Labute approximate surface area is 171 Å². The van der Waals surface area contributed by atoms with Crippen molar-refractivity contribution in [3.05, 3.63) is 76.5 Å². The molecule has 0 radical (unpaired) electrons. The van der Waals surface area contributed by atoms with Crippen molar-refractivity contribution in [1.29, 1.82) is 0 Å². The molecule has 3 aromatic heterocycles. The highest BCUT2D eigenvalue weighted by Crippen LogP contribution is 2.29. The molecule has 8 heteroatoms. The van der Waals surface area contributed by atoms with Gasteiger partial charge in [-0.3, -0.25) is 9.36 Å².